The van der Waals surface area contributed by atoms with Crippen LogP contribution in [-0.2, 0) is 0 Å². The fraction of sp³-hybridized carbons (Fsp3) is 0.556. The standard InChI is InChI=1S/C9H12N4.ClH/c10-8-4-9(5-8,6-8)13-7-11-2-1-3-12-7;/h1-3H,4-6,10H2,(H,11,12,13);1H. The predicted molar refractivity (Wildman–Crippen MR) is 56.4 cm³/mol. The lowest BCUT2D eigenvalue weighted by atomic mass is 9.45. The average molecular weight is 213 g/mol. The highest BCUT2D eigenvalue weighted by Crippen LogP contribution is 2.59. The van der Waals surface area contributed by atoms with E-state index in [-0.39, 0.29) is 23.5 Å². The maximum atomic E-state index is 5.95. The minimum atomic E-state index is 0. The van der Waals surface area contributed by atoms with Crippen molar-refractivity contribution in [3.63, 3.8) is 0 Å². The van der Waals surface area contributed by atoms with Crippen molar-refractivity contribution in [3.05, 3.63) is 18.5 Å². The zero-order valence-electron chi connectivity index (χ0n) is 7.73. The van der Waals surface area contributed by atoms with Crippen molar-refractivity contribution in [2.45, 2.75) is 30.3 Å². The number of nitrogens with one attached hydrogen (secondary N) is 1. The van der Waals surface area contributed by atoms with Gasteiger partial charge in [-0.05, 0) is 25.3 Å². The number of nitrogens with two attached hydrogens (primary N) is 1. The van der Waals surface area contributed by atoms with E-state index in [2.05, 4.69) is 15.3 Å². The second-order valence-electron chi connectivity index (χ2n) is 4.37. The Kier molecular flexibility index (Phi) is 1.94. The van der Waals surface area contributed by atoms with Crippen LogP contribution in [0, 0.1) is 0 Å². The Labute approximate surface area is 88.7 Å². The monoisotopic (exact) mass is 212 g/mol. The van der Waals surface area contributed by atoms with E-state index in [0.29, 0.717) is 0 Å². The van der Waals surface area contributed by atoms with Gasteiger partial charge in [-0.25, -0.2) is 9.97 Å². The molecule has 3 aliphatic carbocycles. The fourth-order valence-electron chi connectivity index (χ4n) is 2.60. The van der Waals surface area contributed by atoms with Gasteiger partial charge in [-0.1, -0.05) is 0 Å². The van der Waals surface area contributed by atoms with E-state index in [4.69, 9.17) is 5.73 Å². The van der Waals surface area contributed by atoms with Gasteiger partial charge in [0.2, 0.25) is 5.95 Å². The highest BCUT2D eigenvalue weighted by molar-refractivity contribution is 5.85. The smallest absolute Gasteiger partial charge is 0.223 e. The molecule has 3 aliphatic rings. The number of hydrogen-bond donors (Lipinski definition) is 2. The third-order valence-corrected chi connectivity index (χ3v) is 3.01. The molecule has 0 aliphatic heterocycles. The largest absolute Gasteiger partial charge is 0.349 e. The van der Waals surface area contributed by atoms with E-state index >= 15 is 0 Å². The lowest BCUT2D eigenvalue weighted by Gasteiger charge is -2.68. The lowest BCUT2D eigenvalue weighted by molar-refractivity contribution is -0.0323. The van der Waals surface area contributed by atoms with Crippen LogP contribution in [0.5, 0.6) is 0 Å². The molecule has 0 saturated heterocycles. The second-order valence-corrected chi connectivity index (χ2v) is 4.37. The van der Waals surface area contributed by atoms with Gasteiger partial charge in [-0.15, -0.1) is 12.4 Å². The van der Waals surface area contributed by atoms with Crippen molar-refractivity contribution in [2.24, 2.45) is 5.73 Å². The molecular weight excluding hydrogens is 200 g/mol. The maximum absolute atomic E-state index is 5.95. The first-order valence-electron chi connectivity index (χ1n) is 4.54. The van der Waals surface area contributed by atoms with Gasteiger partial charge in [-0.2, -0.15) is 0 Å². The van der Waals surface area contributed by atoms with Gasteiger partial charge in [-0.3, -0.25) is 0 Å². The first kappa shape index (κ1) is 9.68. The molecule has 0 aromatic carbocycles. The molecule has 4 rings (SSSR count). The van der Waals surface area contributed by atoms with Crippen molar-refractivity contribution in [1.29, 1.82) is 0 Å². The molecule has 1 aromatic heterocycles. The molecule has 3 saturated carbocycles. The lowest BCUT2D eigenvalue weighted by Crippen LogP contribution is -2.79. The van der Waals surface area contributed by atoms with Crippen LogP contribution in [0.2, 0.25) is 0 Å². The number of anilines is 1. The van der Waals surface area contributed by atoms with Gasteiger partial charge in [0.05, 0.1) is 0 Å². The van der Waals surface area contributed by atoms with Crippen LogP contribution in [0.1, 0.15) is 19.3 Å². The summed E-state index contributed by atoms with van der Waals surface area (Å²) < 4.78 is 0. The second kappa shape index (κ2) is 2.81. The molecule has 4 nitrogen and oxygen atoms in total. The normalized spacial score (nSPS) is 37.5. The molecule has 1 heterocycles. The molecule has 76 valence electrons. The van der Waals surface area contributed by atoms with E-state index in [1.165, 1.54) is 0 Å². The van der Waals surface area contributed by atoms with Crippen LogP contribution < -0.4 is 11.1 Å². The molecule has 1 aromatic rings. The minimum absolute atomic E-state index is 0. The van der Waals surface area contributed by atoms with E-state index < -0.39 is 0 Å². The SMILES string of the molecule is Cl.NC12CC(Nc3ncccn3)(C1)C2. The van der Waals surface area contributed by atoms with Crippen molar-refractivity contribution in [3.8, 4) is 0 Å². The van der Waals surface area contributed by atoms with Crippen LogP contribution in [0.25, 0.3) is 0 Å². The van der Waals surface area contributed by atoms with Gasteiger partial charge in [0, 0.05) is 23.5 Å². The Balaban J connectivity index is 0.000000750. The Hall–Kier alpha value is -0.870. The first-order valence-corrected chi connectivity index (χ1v) is 4.54. The summed E-state index contributed by atoms with van der Waals surface area (Å²) in [5.74, 6) is 0.726. The molecule has 0 spiro atoms. The first-order chi connectivity index (χ1) is 6.20. The van der Waals surface area contributed by atoms with Gasteiger partial charge >= 0.3 is 0 Å². The summed E-state index contributed by atoms with van der Waals surface area (Å²) in [7, 11) is 0. The Morgan fingerprint density at radius 3 is 2.29 bits per heavy atom. The van der Waals surface area contributed by atoms with Crippen LogP contribution in [-0.4, -0.2) is 21.0 Å². The molecular formula is C9H13ClN4. The third kappa shape index (κ3) is 1.26. The zero-order chi connectivity index (χ0) is 8.94. The number of nitrogens with zero attached hydrogens (tertiary/aromatic N) is 2. The third-order valence-electron chi connectivity index (χ3n) is 3.01. The van der Waals surface area contributed by atoms with Crippen molar-refractivity contribution in [2.75, 3.05) is 5.32 Å². The number of hydrogen-bond acceptors (Lipinski definition) is 4. The topological polar surface area (TPSA) is 63.8 Å². The number of halogens is 1. The summed E-state index contributed by atoms with van der Waals surface area (Å²) in [6, 6.07) is 1.82. The summed E-state index contributed by atoms with van der Waals surface area (Å²) in [6.45, 7) is 0. The Morgan fingerprint density at radius 1 is 1.21 bits per heavy atom. The van der Waals surface area contributed by atoms with E-state index in [9.17, 15) is 0 Å². The van der Waals surface area contributed by atoms with Crippen LogP contribution in [0.3, 0.4) is 0 Å². The Morgan fingerprint density at radius 2 is 1.79 bits per heavy atom. The molecule has 0 atom stereocenters. The van der Waals surface area contributed by atoms with Crippen LogP contribution >= 0.6 is 12.4 Å². The van der Waals surface area contributed by atoms with E-state index in [1.807, 2.05) is 6.07 Å². The molecule has 3 N–H and O–H groups in total. The molecule has 0 amide bonds. The highest BCUT2D eigenvalue weighted by Gasteiger charge is 2.66. The van der Waals surface area contributed by atoms with Gasteiger partial charge < -0.3 is 11.1 Å². The summed E-state index contributed by atoms with van der Waals surface area (Å²) in [5, 5.41) is 3.34. The van der Waals surface area contributed by atoms with E-state index in [0.717, 1.165) is 25.2 Å². The molecule has 2 bridgehead atoms. The molecule has 3 fully saturated rings. The fourth-order valence-corrected chi connectivity index (χ4v) is 2.60. The summed E-state index contributed by atoms with van der Waals surface area (Å²) >= 11 is 0. The Bertz CT molecular complexity index is 320. The number of rotatable bonds is 2. The van der Waals surface area contributed by atoms with Gasteiger partial charge in [0.1, 0.15) is 0 Å². The van der Waals surface area contributed by atoms with Crippen molar-refractivity contribution in [1.82, 2.24) is 9.97 Å². The predicted octanol–water partition coefficient (Wildman–Crippen LogP) is 0.944. The van der Waals surface area contributed by atoms with Crippen molar-refractivity contribution < 1.29 is 0 Å². The van der Waals surface area contributed by atoms with Gasteiger partial charge in [0.15, 0.2) is 0 Å². The number of aromatic nitrogens is 2. The quantitative estimate of drug-likeness (QED) is 0.766. The minimum Gasteiger partial charge on any atom is -0.349 e. The molecule has 14 heavy (non-hydrogen) atoms. The maximum Gasteiger partial charge on any atom is 0.223 e. The summed E-state index contributed by atoms with van der Waals surface area (Å²) in [5.41, 5.74) is 6.32. The van der Waals surface area contributed by atoms with Crippen molar-refractivity contribution >= 4 is 18.4 Å². The van der Waals surface area contributed by atoms with Crippen LogP contribution in [0.15, 0.2) is 18.5 Å². The van der Waals surface area contributed by atoms with Gasteiger partial charge in [0.25, 0.3) is 0 Å². The highest BCUT2D eigenvalue weighted by atomic mass is 35.5. The summed E-state index contributed by atoms with van der Waals surface area (Å²) in [6.07, 6.45) is 6.70. The average Bonchev–Trinajstić information content (AvgIpc) is 2.02. The zero-order valence-corrected chi connectivity index (χ0v) is 8.55. The molecule has 0 unspecified atom stereocenters. The van der Waals surface area contributed by atoms with E-state index in [1.54, 1.807) is 12.4 Å². The molecule has 0 radical (unpaired) electrons. The molecule has 5 heteroatoms. The summed E-state index contributed by atoms with van der Waals surface area (Å²) in [4.78, 5) is 8.26. The van der Waals surface area contributed by atoms with Crippen LogP contribution in [0.4, 0.5) is 5.95 Å².